The van der Waals surface area contributed by atoms with Crippen LogP contribution >= 0.6 is 0 Å². The maximum Gasteiger partial charge on any atom is 0.261 e. The van der Waals surface area contributed by atoms with Gasteiger partial charge in [-0.25, -0.2) is 0 Å². The summed E-state index contributed by atoms with van der Waals surface area (Å²) in [4.78, 5) is 11.7. The zero-order valence-electron chi connectivity index (χ0n) is 11.6. The van der Waals surface area contributed by atoms with Crippen molar-refractivity contribution in [2.24, 2.45) is 0 Å². The maximum absolute atomic E-state index is 11.7. The molecule has 4 heteroatoms. The summed E-state index contributed by atoms with van der Waals surface area (Å²) < 4.78 is 5.61. The first-order chi connectivity index (χ1) is 8.95. The van der Waals surface area contributed by atoms with Gasteiger partial charge in [-0.05, 0) is 32.9 Å². The topological polar surface area (TPSA) is 58.6 Å². The molecule has 1 aromatic carbocycles. The molecule has 0 aliphatic rings. The van der Waals surface area contributed by atoms with E-state index in [4.69, 9.17) is 4.74 Å². The zero-order chi connectivity index (χ0) is 14.4. The first kappa shape index (κ1) is 15.2. The average molecular weight is 263 g/mol. The molecule has 2 atom stereocenters. The molecular weight excluding hydrogens is 242 g/mol. The van der Waals surface area contributed by atoms with Crippen LogP contribution in [-0.4, -0.2) is 23.7 Å². The molecule has 19 heavy (non-hydrogen) atoms. The van der Waals surface area contributed by atoms with Crippen LogP contribution in [0, 0.1) is 6.92 Å². The van der Waals surface area contributed by atoms with E-state index in [9.17, 15) is 9.90 Å². The number of ether oxygens (including phenoxy) is 1. The van der Waals surface area contributed by atoms with Gasteiger partial charge in [-0.15, -0.1) is 6.58 Å². The summed E-state index contributed by atoms with van der Waals surface area (Å²) in [5.74, 6) is 0.318. The van der Waals surface area contributed by atoms with Crippen molar-refractivity contribution in [1.29, 1.82) is 0 Å². The molecule has 0 aromatic heterocycles. The second kappa shape index (κ2) is 6.95. The minimum Gasteiger partial charge on any atom is -0.481 e. The van der Waals surface area contributed by atoms with Gasteiger partial charge in [0, 0.05) is 12.1 Å². The molecule has 0 radical (unpaired) electrons. The minimum atomic E-state index is -0.640. The number of benzene rings is 1. The lowest BCUT2D eigenvalue weighted by atomic mass is 10.1. The number of amides is 1. The predicted molar refractivity (Wildman–Crippen MR) is 75.1 cm³/mol. The van der Waals surface area contributed by atoms with Crippen LogP contribution in [0.25, 0.3) is 0 Å². The number of carbonyl (C=O) groups is 1. The molecule has 1 rings (SSSR count). The van der Waals surface area contributed by atoms with Crippen molar-refractivity contribution in [2.45, 2.75) is 33.0 Å². The van der Waals surface area contributed by atoms with Gasteiger partial charge < -0.3 is 15.2 Å². The smallest absolute Gasteiger partial charge is 0.261 e. The van der Waals surface area contributed by atoms with E-state index < -0.39 is 12.2 Å². The fourth-order valence-corrected chi connectivity index (χ4v) is 1.66. The summed E-state index contributed by atoms with van der Waals surface area (Å²) in [5, 5.41) is 12.4. The lowest BCUT2D eigenvalue weighted by Gasteiger charge is -2.18. The fraction of sp³-hybridized carbons (Fsp3) is 0.400. The van der Waals surface area contributed by atoms with Gasteiger partial charge in [0.15, 0.2) is 6.10 Å². The quantitative estimate of drug-likeness (QED) is 0.773. The summed E-state index contributed by atoms with van der Waals surface area (Å²) in [6.45, 7) is 9.22. The van der Waals surface area contributed by atoms with Crippen LogP contribution in [0.1, 0.15) is 31.1 Å². The SMILES string of the molecule is C=CCNC(=O)C(C)Oc1ccc(C)cc1[C@@H](C)O. The van der Waals surface area contributed by atoms with Crippen LogP contribution in [0.15, 0.2) is 30.9 Å². The number of hydrogen-bond acceptors (Lipinski definition) is 3. The number of rotatable bonds is 6. The summed E-state index contributed by atoms with van der Waals surface area (Å²) in [6.07, 6.45) is 0.344. The standard InChI is InChI=1S/C15H21NO3/c1-5-8-16-15(18)12(4)19-14-7-6-10(2)9-13(14)11(3)17/h5-7,9,11-12,17H,1,8H2,2-4H3,(H,16,18)/t11-,12?/m1/s1. The van der Waals surface area contributed by atoms with Crippen LogP contribution in [0.2, 0.25) is 0 Å². The van der Waals surface area contributed by atoms with Crippen molar-refractivity contribution in [3.8, 4) is 5.75 Å². The van der Waals surface area contributed by atoms with E-state index in [0.29, 0.717) is 17.9 Å². The van der Waals surface area contributed by atoms with E-state index in [1.807, 2.05) is 19.1 Å². The van der Waals surface area contributed by atoms with Gasteiger partial charge in [-0.1, -0.05) is 17.7 Å². The Morgan fingerprint density at radius 1 is 1.53 bits per heavy atom. The van der Waals surface area contributed by atoms with Crippen molar-refractivity contribution in [1.82, 2.24) is 5.32 Å². The van der Waals surface area contributed by atoms with E-state index in [1.54, 1.807) is 26.0 Å². The molecule has 0 saturated heterocycles. The van der Waals surface area contributed by atoms with Crippen LogP contribution < -0.4 is 10.1 Å². The molecule has 0 spiro atoms. The highest BCUT2D eigenvalue weighted by atomic mass is 16.5. The monoisotopic (exact) mass is 263 g/mol. The van der Waals surface area contributed by atoms with Gasteiger partial charge in [0.1, 0.15) is 5.75 Å². The highest BCUT2D eigenvalue weighted by Crippen LogP contribution is 2.27. The Morgan fingerprint density at radius 2 is 2.21 bits per heavy atom. The third-order valence-corrected chi connectivity index (χ3v) is 2.71. The van der Waals surface area contributed by atoms with Crippen LogP contribution in [0.5, 0.6) is 5.75 Å². The Bertz CT molecular complexity index is 455. The third kappa shape index (κ3) is 4.41. The molecule has 0 saturated carbocycles. The summed E-state index contributed by atoms with van der Waals surface area (Å²) in [6, 6.07) is 5.51. The van der Waals surface area contributed by atoms with Crippen molar-refractivity contribution >= 4 is 5.91 Å². The Hall–Kier alpha value is -1.81. The first-order valence-corrected chi connectivity index (χ1v) is 6.29. The van der Waals surface area contributed by atoms with Crippen molar-refractivity contribution < 1.29 is 14.6 Å². The Balaban J connectivity index is 2.81. The van der Waals surface area contributed by atoms with Crippen molar-refractivity contribution in [3.63, 3.8) is 0 Å². The highest BCUT2D eigenvalue weighted by molar-refractivity contribution is 5.80. The third-order valence-electron chi connectivity index (χ3n) is 2.71. The van der Waals surface area contributed by atoms with Gasteiger partial charge in [0.2, 0.25) is 0 Å². The van der Waals surface area contributed by atoms with Gasteiger partial charge in [0.25, 0.3) is 5.91 Å². The number of hydrogen-bond donors (Lipinski definition) is 2. The van der Waals surface area contributed by atoms with Gasteiger partial charge in [0.05, 0.1) is 6.10 Å². The molecule has 2 N–H and O–H groups in total. The molecule has 0 fully saturated rings. The maximum atomic E-state index is 11.7. The summed E-state index contributed by atoms with van der Waals surface area (Å²) in [7, 11) is 0. The number of carbonyl (C=O) groups excluding carboxylic acids is 1. The fourth-order valence-electron chi connectivity index (χ4n) is 1.66. The van der Waals surface area contributed by atoms with E-state index in [1.165, 1.54) is 0 Å². The largest absolute Gasteiger partial charge is 0.481 e. The lowest BCUT2D eigenvalue weighted by Crippen LogP contribution is -2.36. The molecule has 0 heterocycles. The second-order valence-corrected chi connectivity index (χ2v) is 4.51. The summed E-state index contributed by atoms with van der Waals surface area (Å²) in [5.41, 5.74) is 1.72. The molecule has 0 aliphatic heterocycles. The number of nitrogens with one attached hydrogen (secondary N) is 1. The second-order valence-electron chi connectivity index (χ2n) is 4.51. The Labute approximate surface area is 114 Å². The van der Waals surface area contributed by atoms with Crippen LogP contribution in [-0.2, 0) is 4.79 Å². The minimum absolute atomic E-state index is 0.211. The number of aliphatic hydroxyl groups is 1. The Morgan fingerprint density at radius 3 is 2.79 bits per heavy atom. The van der Waals surface area contributed by atoms with E-state index in [-0.39, 0.29) is 5.91 Å². The average Bonchev–Trinajstić information content (AvgIpc) is 2.37. The molecule has 104 valence electrons. The molecule has 0 aliphatic carbocycles. The zero-order valence-corrected chi connectivity index (χ0v) is 11.6. The summed E-state index contributed by atoms with van der Waals surface area (Å²) >= 11 is 0. The van der Waals surface area contributed by atoms with E-state index >= 15 is 0 Å². The first-order valence-electron chi connectivity index (χ1n) is 6.29. The Kier molecular flexibility index (Phi) is 5.57. The van der Waals surface area contributed by atoms with Gasteiger partial charge in [-0.2, -0.15) is 0 Å². The lowest BCUT2D eigenvalue weighted by molar-refractivity contribution is -0.127. The molecule has 1 aromatic rings. The highest BCUT2D eigenvalue weighted by Gasteiger charge is 2.17. The van der Waals surface area contributed by atoms with E-state index in [2.05, 4.69) is 11.9 Å². The van der Waals surface area contributed by atoms with Gasteiger partial charge in [-0.3, -0.25) is 4.79 Å². The van der Waals surface area contributed by atoms with Crippen molar-refractivity contribution in [2.75, 3.05) is 6.54 Å². The normalized spacial score (nSPS) is 13.5. The molecule has 4 nitrogen and oxygen atoms in total. The van der Waals surface area contributed by atoms with Crippen LogP contribution in [0.3, 0.4) is 0 Å². The molecule has 1 amide bonds. The number of aliphatic hydroxyl groups excluding tert-OH is 1. The molecule has 0 bridgehead atoms. The van der Waals surface area contributed by atoms with Crippen molar-refractivity contribution in [3.05, 3.63) is 42.0 Å². The van der Waals surface area contributed by atoms with Gasteiger partial charge >= 0.3 is 0 Å². The predicted octanol–water partition coefficient (Wildman–Crippen LogP) is 2.12. The number of aryl methyl sites for hydroxylation is 1. The van der Waals surface area contributed by atoms with E-state index in [0.717, 1.165) is 5.56 Å². The van der Waals surface area contributed by atoms with Crippen LogP contribution in [0.4, 0.5) is 0 Å². The molecular formula is C15H21NO3. The molecule has 1 unspecified atom stereocenters.